The second kappa shape index (κ2) is 7.96. The van der Waals surface area contributed by atoms with E-state index in [0.717, 1.165) is 36.2 Å². The van der Waals surface area contributed by atoms with Crippen LogP contribution in [-0.2, 0) is 10.5 Å². The third-order valence-electron chi connectivity index (χ3n) is 1.76. The number of methoxy groups -OCH3 is 1. The largest absolute Gasteiger partial charge is 0.384 e. The maximum Gasteiger partial charge on any atom is 0.182 e. The molecule has 0 radical (unpaired) electrons. The Morgan fingerprint density at radius 3 is 3.20 bits per heavy atom. The second-order valence-electron chi connectivity index (χ2n) is 3.10. The number of anilines is 1. The molecule has 3 nitrogen and oxygen atoms in total. The van der Waals surface area contributed by atoms with Gasteiger partial charge in [-0.3, -0.25) is 0 Å². The summed E-state index contributed by atoms with van der Waals surface area (Å²) in [6.07, 6.45) is 3.10. The molecule has 0 aliphatic carbocycles. The first-order chi connectivity index (χ1) is 7.36. The summed E-state index contributed by atoms with van der Waals surface area (Å²) in [5, 5.41) is 4.33. The Morgan fingerprint density at radius 1 is 1.60 bits per heavy atom. The van der Waals surface area contributed by atoms with Crippen molar-refractivity contribution in [1.29, 1.82) is 0 Å². The van der Waals surface area contributed by atoms with E-state index in [1.165, 1.54) is 4.88 Å². The molecule has 0 saturated carbocycles. The van der Waals surface area contributed by atoms with Crippen LogP contribution in [0.1, 0.15) is 18.2 Å². The summed E-state index contributed by atoms with van der Waals surface area (Å²) in [5.74, 6) is 2.08. The van der Waals surface area contributed by atoms with E-state index in [0.29, 0.717) is 0 Å². The van der Waals surface area contributed by atoms with Crippen LogP contribution in [0.4, 0.5) is 5.13 Å². The number of hydrogen-bond acceptors (Lipinski definition) is 5. The summed E-state index contributed by atoms with van der Waals surface area (Å²) in [6, 6.07) is 0. The first-order valence-corrected chi connectivity index (χ1v) is 7.09. The van der Waals surface area contributed by atoms with Crippen LogP contribution in [-0.4, -0.2) is 31.0 Å². The Bertz CT molecular complexity index is 266. The SMILES string of the molecule is CCCNc1ncc(CSCCOC)s1. The normalized spacial score (nSPS) is 10.5. The number of aromatic nitrogens is 1. The fourth-order valence-corrected chi connectivity index (χ4v) is 2.83. The minimum atomic E-state index is 0.824. The fraction of sp³-hybridized carbons (Fsp3) is 0.700. The monoisotopic (exact) mass is 246 g/mol. The molecule has 0 atom stereocenters. The van der Waals surface area contributed by atoms with Crippen molar-refractivity contribution in [3.05, 3.63) is 11.1 Å². The van der Waals surface area contributed by atoms with Crippen molar-refractivity contribution < 1.29 is 4.74 Å². The molecule has 0 spiro atoms. The molecule has 0 saturated heterocycles. The van der Waals surface area contributed by atoms with Gasteiger partial charge in [-0.15, -0.1) is 11.3 Å². The molecule has 0 unspecified atom stereocenters. The van der Waals surface area contributed by atoms with Crippen LogP contribution in [0.5, 0.6) is 0 Å². The molecule has 15 heavy (non-hydrogen) atoms. The molecule has 5 heteroatoms. The van der Waals surface area contributed by atoms with Gasteiger partial charge in [0.2, 0.25) is 0 Å². The summed E-state index contributed by atoms with van der Waals surface area (Å²) in [6.45, 7) is 3.98. The van der Waals surface area contributed by atoms with Crippen molar-refractivity contribution in [1.82, 2.24) is 4.98 Å². The standard InChI is InChI=1S/C10H18N2OS2/c1-3-4-11-10-12-7-9(15-10)8-14-6-5-13-2/h7H,3-6,8H2,1-2H3,(H,11,12). The van der Waals surface area contributed by atoms with E-state index in [-0.39, 0.29) is 0 Å². The first-order valence-electron chi connectivity index (χ1n) is 5.12. The maximum absolute atomic E-state index is 4.99. The first kappa shape index (κ1) is 12.8. The molecule has 0 aromatic carbocycles. The topological polar surface area (TPSA) is 34.2 Å². The molecule has 1 aromatic rings. The van der Waals surface area contributed by atoms with Gasteiger partial charge in [0.1, 0.15) is 0 Å². The van der Waals surface area contributed by atoms with E-state index >= 15 is 0 Å². The zero-order valence-electron chi connectivity index (χ0n) is 9.28. The number of hydrogen-bond donors (Lipinski definition) is 1. The lowest BCUT2D eigenvalue weighted by atomic mass is 10.5. The van der Waals surface area contributed by atoms with Crippen molar-refractivity contribution in [2.45, 2.75) is 19.1 Å². The van der Waals surface area contributed by atoms with E-state index < -0.39 is 0 Å². The summed E-state index contributed by atoms with van der Waals surface area (Å²) < 4.78 is 4.99. The quantitative estimate of drug-likeness (QED) is 0.715. The number of nitrogens with one attached hydrogen (secondary N) is 1. The van der Waals surface area contributed by atoms with Crippen LogP contribution < -0.4 is 5.32 Å². The summed E-state index contributed by atoms with van der Waals surface area (Å²) in [4.78, 5) is 5.64. The van der Waals surface area contributed by atoms with Gasteiger partial charge in [0.25, 0.3) is 0 Å². The van der Waals surface area contributed by atoms with Gasteiger partial charge >= 0.3 is 0 Å². The Labute approximate surface area is 99.6 Å². The molecule has 1 aromatic heterocycles. The molecule has 0 aliphatic rings. The van der Waals surface area contributed by atoms with Gasteiger partial charge in [-0.25, -0.2) is 4.98 Å². The molecule has 0 aliphatic heterocycles. The summed E-state index contributed by atoms with van der Waals surface area (Å²) >= 11 is 3.63. The highest BCUT2D eigenvalue weighted by atomic mass is 32.2. The highest BCUT2D eigenvalue weighted by Gasteiger charge is 2.00. The molecule has 1 rings (SSSR count). The Balaban J connectivity index is 2.20. The Hall–Kier alpha value is -0.260. The number of rotatable bonds is 8. The molecular weight excluding hydrogens is 228 g/mol. The lowest BCUT2D eigenvalue weighted by Crippen LogP contribution is -1.97. The highest BCUT2D eigenvalue weighted by molar-refractivity contribution is 7.98. The number of thioether (sulfide) groups is 1. The van der Waals surface area contributed by atoms with Crippen LogP contribution in [0.15, 0.2) is 6.20 Å². The van der Waals surface area contributed by atoms with Gasteiger partial charge in [0.05, 0.1) is 6.61 Å². The van der Waals surface area contributed by atoms with Crippen LogP contribution in [0, 0.1) is 0 Å². The molecule has 86 valence electrons. The van der Waals surface area contributed by atoms with E-state index in [4.69, 9.17) is 4.74 Å². The zero-order valence-corrected chi connectivity index (χ0v) is 10.9. The predicted octanol–water partition coefficient (Wildman–Crippen LogP) is 2.84. The van der Waals surface area contributed by atoms with Crippen LogP contribution >= 0.6 is 23.1 Å². The Kier molecular flexibility index (Phi) is 6.80. The molecule has 0 fully saturated rings. The van der Waals surface area contributed by atoms with Crippen molar-refractivity contribution in [2.24, 2.45) is 0 Å². The van der Waals surface area contributed by atoms with E-state index in [1.807, 2.05) is 18.0 Å². The van der Waals surface area contributed by atoms with Crippen molar-refractivity contribution in [3.63, 3.8) is 0 Å². The Morgan fingerprint density at radius 2 is 2.47 bits per heavy atom. The lowest BCUT2D eigenvalue weighted by Gasteiger charge is -1.98. The number of ether oxygens (including phenoxy) is 1. The van der Waals surface area contributed by atoms with Crippen molar-refractivity contribution >= 4 is 28.2 Å². The van der Waals surface area contributed by atoms with Crippen LogP contribution in [0.2, 0.25) is 0 Å². The minimum Gasteiger partial charge on any atom is -0.384 e. The second-order valence-corrected chi connectivity index (χ2v) is 5.32. The molecule has 0 amide bonds. The average Bonchev–Trinajstić information content (AvgIpc) is 2.69. The smallest absolute Gasteiger partial charge is 0.182 e. The van der Waals surface area contributed by atoms with Gasteiger partial charge in [0, 0.05) is 36.2 Å². The molecular formula is C10H18N2OS2. The predicted molar refractivity (Wildman–Crippen MR) is 68.9 cm³/mol. The van der Waals surface area contributed by atoms with Crippen molar-refractivity contribution in [2.75, 3.05) is 31.3 Å². The van der Waals surface area contributed by atoms with E-state index in [1.54, 1.807) is 18.4 Å². The average molecular weight is 246 g/mol. The maximum atomic E-state index is 4.99. The van der Waals surface area contributed by atoms with Gasteiger partial charge in [0.15, 0.2) is 5.13 Å². The van der Waals surface area contributed by atoms with Crippen LogP contribution in [0.25, 0.3) is 0 Å². The van der Waals surface area contributed by atoms with E-state index in [2.05, 4.69) is 17.2 Å². The third kappa shape index (κ3) is 5.39. The summed E-state index contributed by atoms with van der Waals surface area (Å²) in [5.41, 5.74) is 0. The van der Waals surface area contributed by atoms with Gasteiger partial charge in [-0.05, 0) is 6.42 Å². The third-order valence-corrected chi connectivity index (χ3v) is 3.86. The molecule has 1 heterocycles. The van der Waals surface area contributed by atoms with Gasteiger partial charge in [-0.2, -0.15) is 11.8 Å². The minimum absolute atomic E-state index is 0.824. The highest BCUT2D eigenvalue weighted by Crippen LogP contribution is 2.22. The molecule has 1 N–H and O–H groups in total. The zero-order chi connectivity index (χ0) is 10.9. The van der Waals surface area contributed by atoms with Gasteiger partial charge in [-0.1, -0.05) is 6.92 Å². The van der Waals surface area contributed by atoms with E-state index in [9.17, 15) is 0 Å². The fourth-order valence-electron chi connectivity index (χ4n) is 1.00. The van der Waals surface area contributed by atoms with Crippen molar-refractivity contribution in [3.8, 4) is 0 Å². The lowest BCUT2D eigenvalue weighted by molar-refractivity contribution is 0.218. The van der Waals surface area contributed by atoms with Gasteiger partial charge < -0.3 is 10.1 Å². The number of nitrogens with zero attached hydrogens (tertiary/aromatic N) is 1. The van der Waals surface area contributed by atoms with Crippen LogP contribution in [0.3, 0.4) is 0 Å². The molecule has 0 bridgehead atoms. The summed E-state index contributed by atoms with van der Waals surface area (Å²) in [7, 11) is 1.74. The number of thiazole rings is 1.